The number of rotatable bonds is 7. The van der Waals surface area contributed by atoms with Gasteiger partial charge in [0.1, 0.15) is 12.4 Å². The third-order valence-corrected chi connectivity index (χ3v) is 3.07. The van der Waals surface area contributed by atoms with Crippen LogP contribution in [0.3, 0.4) is 0 Å². The van der Waals surface area contributed by atoms with E-state index in [-0.39, 0.29) is 18.9 Å². The molecule has 1 aromatic rings. The fraction of sp³-hybridized carbons (Fsp3) is 0.467. The van der Waals surface area contributed by atoms with Crippen molar-refractivity contribution in [3.63, 3.8) is 0 Å². The van der Waals surface area contributed by atoms with Crippen molar-refractivity contribution in [2.45, 2.75) is 19.9 Å². The van der Waals surface area contributed by atoms with Gasteiger partial charge in [-0.15, -0.1) is 0 Å². The minimum Gasteiger partial charge on any atom is -0.488 e. The molecule has 2 atom stereocenters. The van der Waals surface area contributed by atoms with Crippen LogP contribution in [0, 0.1) is 17.6 Å². The Labute approximate surface area is 133 Å². The van der Waals surface area contributed by atoms with Gasteiger partial charge in [-0.1, -0.05) is 6.92 Å². The van der Waals surface area contributed by atoms with Crippen molar-refractivity contribution >= 4 is 12.0 Å². The molecule has 128 valence electrons. The highest BCUT2D eigenvalue weighted by molar-refractivity contribution is 5.75. The summed E-state index contributed by atoms with van der Waals surface area (Å²) < 4.78 is 31.3. The van der Waals surface area contributed by atoms with Crippen molar-refractivity contribution in [3.05, 3.63) is 29.8 Å². The monoisotopic (exact) mass is 330 g/mol. The standard InChI is InChI=1S/C15H20F2N2O4/c1-9(14(20)21)7-19(3)15(22)18-10(2)8-23-13-5-4-11(16)6-12(13)17/h4-6,9-10H,7-8H2,1-3H3,(H,18,22)(H,20,21). The van der Waals surface area contributed by atoms with Crippen LogP contribution >= 0.6 is 0 Å². The summed E-state index contributed by atoms with van der Waals surface area (Å²) in [5.74, 6) is -3.32. The van der Waals surface area contributed by atoms with E-state index in [1.807, 2.05) is 0 Å². The third kappa shape index (κ3) is 6.09. The molecule has 0 aliphatic heterocycles. The highest BCUT2D eigenvalue weighted by atomic mass is 19.1. The highest BCUT2D eigenvalue weighted by Gasteiger charge is 2.18. The summed E-state index contributed by atoms with van der Waals surface area (Å²) in [4.78, 5) is 23.9. The van der Waals surface area contributed by atoms with E-state index in [0.717, 1.165) is 6.07 Å². The van der Waals surface area contributed by atoms with Gasteiger partial charge in [0.25, 0.3) is 0 Å². The molecule has 8 heteroatoms. The first-order valence-electron chi connectivity index (χ1n) is 7.03. The third-order valence-electron chi connectivity index (χ3n) is 3.07. The van der Waals surface area contributed by atoms with E-state index >= 15 is 0 Å². The number of nitrogens with one attached hydrogen (secondary N) is 1. The zero-order valence-corrected chi connectivity index (χ0v) is 13.2. The Bertz CT molecular complexity index is 568. The minimum absolute atomic E-state index is 0.0172. The van der Waals surface area contributed by atoms with Crippen molar-refractivity contribution in [3.8, 4) is 5.75 Å². The van der Waals surface area contributed by atoms with Crippen LogP contribution in [0.15, 0.2) is 18.2 Å². The highest BCUT2D eigenvalue weighted by Crippen LogP contribution is 2.17. The second kappa shape index (κ2) is 8.30. The second-order valence-electron chi connectivity index (χ2n) is 5.36. The van der Waals surface area contributed by atoms with E-state index in [2.05, 4.69) is 5.32 Å². The number of carboxylic acids is 1. The fourth-order valence-electron chi connectivity index (χ4n) is 1.74. The molecule has 0 spiro atoms. The number of nitrogens with zero attached hydrogens (tertiary/aromatic N) is 1. The molecule has 2 amide bonds. The number of halogens is 2. The summed E-state index contributed by atoms with van der Waals surface area (Å²) in [7, 11) is 1.47. The number of carbonyl (C=O) groups excluding carboxylic acids is 1. The molecule has 1 aromatic carbocycles. The van der Waals surface area contributed by atoms with Crippen molar-refractivity contribution in [2.24, 2.45) is 5.92 Å². The lowest BCUT2D eigenvalue weighted by Crippen LogP contribution is -2.46. The molecule has 2 N–H and O–H groups in total. The van der Waals surface area contributed by atoms with Crippen LogP contribution in [-0.2, 0) is 4.79 Å². The van der Waals surface area contributed by atoms with Gasteiger partial charge in [-0.3, -0.25) is 4.79 Å². The lowest BCUT2D eigenvalue weighted by atomic mass is 10.2. The van der Waals surface area contributed by atoms with Gasteiger partial charge >= 0.3 is 12.0 Å². The number of aliphatic carboxylic acids is 1. The Morgan fingerprint density at radius 3 is 2.57 bits per heavy atom. The number of hydrogen-bond donors (Lipinski definition) is 2. The first kappa shape index (κ1) is 18.7. The Morgan fingerprint density at radius 1 is 1.35 bits per heavy atom. The second-order valence-corrected chi connectivity index (χ2v) is 5.36. The molecule has 0 fully saturated rings. The van der Waals surface area contributed by atoms with Gasteiger partial charge in [0.05, 0.1) is 12.0 Å². The molecule has 1 rings (SSSR count). The Kier molecular flexibility index (Phi) is 6.74. The van der Waals surface area contributed by atoms with Crippen LogP contribution in [0.4, 0.5) is 13.6 Å². The molecule has 0 aliphatic rings. The SMILES string of the molecule is CC(COc1ccc(F)cc1F)NC(=O)N(C)CC(C)C(=O)O. The van der Waals surface area contributed by atoms with Gasteiger partial charge in [0, 0.05) is 19.7 Å². The Morgan fingerprint density at radius 2 is 2.00 bits per heavy atom. The molecule has 0 aromatic heterocycles. The Balaban J connectivity index is 2.44. The number of carboxylic acid groups (broad SMARTS) is 1. The van der Waals surface area contributed by atoms with E-state index < -0.39 is 35.6 Å². The molecule has 0 radical (unpaired) electrons. The van der Waals surface area contributed by atoms with Gasteiger partial charge in [-0.05, 0) is 19.1 Å². The van der Waals surface area contributed by atoms with Crippen molar-refractivity contribution in [2.75, 3.05) is 20.2 Å². The maximum atomic E-state index is 13.4. The average molecular weight is 330 g/mol. The number of urea groups is 1. The summed E-state index contributed by atoms with van der Waals surface area (Å²) in [5, 5.41) is 11.4. The number of hydrogen-bond acceptors (Lipinski definition) is 3. The van der Waals surface area contributed by atoms with Gasteiger partial charge in [-0.2, -0.15) is 0 Å². The summed E-state index contributed by atoms with van der Waals surface area (Å²) >= 11 is 0. The number of ether oxygens (including phenoxy) is 1. The van der Waals surface area contributed by atoms with Crippen molar-refractivity contribution in [1.29, 1.82) is 0 Å². The molecule has 6 nitrogen and oxygen atoms in total. The van der Waals surface area contributed by atoms with Crippen LogP contribution in [0.1, 0.15) is 13.8 Å². The largest absolute Gasteiger partial charge is 0.488 e. The maximum Gasteiger partial charge on any atom is 0.317 e. The molecule has 23 heavy (non-hydrogen) atoms. The van der Waals surface area contributed by atoms with Crippen LogP contribution < -0.4 is 10.1 Å². The van der Waals surface area contributed by atoms with E-state index in [9.17, 15) is 18.4 Å². The topological polar surface area (TPSA) is 78.9 Å². The average Bonchev–Trinajstić information content (AvgIpc) is 2.45. The van der Waals surface area contributed by atoms with Crippen molar-refractivity contribution in [1.82, 2.24) is 10.2 Å². The van der Waals surface area contributed by atoms with Gasteiger partial charge in [-0.25, -0.2) is 13.6 Å². The predicted molar refractivity (Wildman–Crippen MR) is 79.3 cm³/mol. The number of carbonyl (C=O) groups is 2. The van der Waals surface area contributed by atoms with Gasteiger partial charge in [0.15, 0.2) is 11.6 Å². The zero-order chi connectivity index (χ0) is 17.6. The van der Waals surface area contributed by atoms with E-state index in [1.54, 1.807) is 6.92 Å². The Hall–Kier alpha value is -2.38. The van der Waals surface area contributed by atoms with E-state index in [4.69, 9.17) is 9.84 Å². The summed E-state index contributed by atoms with van der Waals surface area (Å²) in [5.41, 5.74) is 0. The van der Waals surface area contributed by atoms with Crippen LogP contribution in [0.5, 0.6) is 5.75 Å². The summed E-state index contributed by atoms with van der Waals surface area (Å²) in [6.45, 7) is 3.18. The number of benzene rings is 1. The number of amides is 2. The lowest BCUT2D eigenvalue weighted by Gasteiger charge is -2.23. The smallest absolute Gasteiger partial charge is 0.317 e. The quantitative estimate of drug-likeness (QED) is 0.802. The lowest BCUT2D eigenvalue weighted by molar-refractivity contribution is -0.141. The molecule has 2 unspecified atom stereocenters. The normalized spacial score (nSPS) is 13.1. The van der Waals surface area contributed by atoms with Crippen LogP contribution in [0.25, 0.3) is 0 Å². The van der Waals surface area contributed by atoms with Gasteiger partial charge < -0.3 is 20.1 Å². The molecule has 0 bridgehead atoms. The molecule has 0 saturated heterocycles. The first-order valence-corrected chi connectivity index (χ1v) is 7.03. The summed E-state index contributed by atoms with van der Waals surface area (Å²) in [6, 6.07) is 2.03. The molecule has 0 saturated carbocycles. The van der Waals surface area contributed by atoms with Gasteiger partial charge in [0.2, 0.25) is 0 Å². The summed E-state index contributed by atoms with van der Waals surface area (Å²) in [6.07, 6.45) is 0. The maximum absolute atomic E-state index is 13.4. The van der Waals surface area contributed by atoms with E-state index in [0.29, 0.717) is 6.07 Å². The zero-order valence-electron chi connectivity index (χ0n) is 13.2. The molecule has 0 heterocycles. The minimum atomic E-state index is -0.993. The fourth-order valence-corrected chi connectivity index (χ4v) is 1.74. The van der Waals surface area contributed by atoms with Crippen LogP contribution in [0.2, 0.25) is 0 Å². The molecule has 0 aliphatic carbocycles. The molecular weight excluding hydrogens is 310 g/mol. The molecular formula is C15H20F2N2O4. The predicted octanol–water partition coefficient (Wildman–Crippen LogP) is 2.09. The van der Waals surface area contributed by atoms with Crippen molar-refractivity contribution < 1.29 is 28.2 Å². The first-order chi connectivity index (χ1) is 10.7. The van der Waals surface area contributed by atoms with Crippen LogP contribution in [-0.4, -0.2) is 48.2 Å². The van der Waals surface area contributed by atoms with E-state index in [1.165, 1.54) is 24.9 Å².